The lowest BCUT2D eigenvalue weighted by atomic mass is 10.3. The molecule has 0 aliphatic rings. The van der Waals surface area contributed by atoms with E-state index in [1.165, 1.54) is 0 Å². The second kappa shape index (κ2) is 5.88. The molecular weight excluding hydrogens is 208 g/mol. The van der Waals surface area contributed by atoms with Crippen LogP contribution in [0.5, 0.6) is 0 Å². The molecule has 4 heteroatoms. The maximum Gasteiger partial charge on any atom is 0.138 e. The van der Waals surface area contributed by atoms with Crippen LogP contribution in [-0.2, 0) is 4.74 Å². The molecule has 0 aliphatic heterocycles. The smallest absolute Gasteiger partial charge is 0.138 e. The third kappa shape index (κ3) is 3.32. The van der Waals surface area contributed by atoms with Crippen LogP contribution >= 0.6 is 11.3 Å². The summed E-state index contributed by atoms with van der Waals surface area (Å²) in [4.78, 5) is 4.48. The van der Waals surface area contributed by atoms with E-state index in [1.807, 2.05) is 12.3 Å². The van der Waals surface area contributed by atoms with Crippen molar-refractivity contribution < 1.29 is 4.74 Å². The van der Waals surface area contributed by atoms with E-state index in [-0.39, 0.29) is 0 Å². The third-order valence-corrected chi connectivity index (χ3v) is 3.03. The molecule has 1 heterocycles. The van der Waals surface area contributed by atoms with E-state index >= 15 is 0 Å². The van der Waals surface area contributed by atoms with Gasteiger partial charge in [-0.05, 0) is 20.4 Å². The molecule has 15 heavy (non-hydrogen) atoms. The average molecular weight is 226 g/mol. The first kappa shape index (κ1) is 12.2. The van der Waals surface area contributed by atoms with E-state index in [0.29, 0.717) is 18.4 Å². The van der Waals surface area contributed by atoms with Gasteiger partial charge in [0.25, 0.3) is 0 Å². The number of thiazole rings is 1. The highest BCUT2D eigenvalue weighted by Gasteiger charge is 2.10. The van der Waals surface area contributed by atoms with Crippen molar-refractivity contribution in [3.8, 4) is 0 Å². The lowest BCUT2D eigenvalue weighted by molar-refractivity contribution is 0.298. The normalized spacial score (nSPS) is 12.5. The molecule has 1 N–H and O–H groups in total. The molecule has 0 amide bonds. The summed E-state index contributed by atoms with van der Waals surface area (Å²) < 4.78 is 5.31. The van der Waals surface area contributed by atoms with E-state index in [1.54, 1.807) is 11.3 Å². The summed E-state index contributed by atoms with van der Waals surface area (Å²) in [5.41, 5.74) is 0.849. The molecule has 3 nitrogen and oxygen atoms in total. The highest BCUT2D eigenvalue weighted by atomic mass is 32.1. The fourth-order valence-corrected chi connectivity index (χ4v) is 2.11. The Balaban J connectivity index is 2.67. The minimum absolute atomic E-state index is 0.295. The summed E-state index contributed by atoms with van der Waals surface area (Å²) in [6, 6.07) is 0.295. The lowest BCUT2D eigenvalue weighted by Crippen LogP contribution is -2.17. The summed E-state index contributed by atoms with van der Waals surface area (Å²) in [5.74, 6) is 0.656. The molecule has 0 saturated heterocycles. The van der Waals surface area contributed by atoms with E-state index in [2.05, 4.69) is 30.7 Å². The van der Waals surface area contributed by atoms with Crippen molar-refractivity contribution in [1.29, 1.82) is 0 Å². The van der Waals surface area contributed by atoms with Gasteiger partial charge in [0.05, 0.1) is 12.6 Å². The summed E-state index contributed by atoms with van der Waals surface area (Å²) in [6.07, 6.45) is 0. The third-order valence-electron chi connectivity index (χ3n) is 2.01. The van der Waals surface area contributed by atoms with E-state index in [0.717, 1.165) is 17.2 Å². The second-order valence-electron chi connectivity index (χ2n) is 3.21. The molecule has 0 saturated carbocycles. The Bertz CT molecular complexity index is 322. The number of hydrogen-bond donors (Lipinski definition) is 1. The molecule has 1 atom stereocenters. The van der Waals surface area contributed by atoms with Crippen LogP contribution < -0.4 is 5.32 Å². The van der Waals surface area contributed by atoms with Crippen LogP contribution in [0.25, 0.3) is 5.76 Å². The highest BCUT2D eigenvalue weighted by molar-refractivity contribution is 7.09. The molecule has 1 unspecified atom stereocenters. The molecule has 0 bridgehead atoms. The Labute approximate surface area is 95.2 Å². The molecule has 1 aromatic heterocycles. The topological polar surface area (TPSA) is 34.1 Å². The Morgan fingerprint density at radius 3 is 3.00 bits per heavy atom. The van der Waals surface area contributed by atoms with Crippen molar-refractivity contribution in [2.45, 2.75) is 26.8 Å². The van der Waals surface area contributed by atoms with Gasteiger partial charge in [-0.1, -0.05) is 13.5 Å². The number of nitrogens with one attached hydrogen (secondary N) is 1. The number of hydrogen-bond acceptors (Lipinski definition) is 4. The fourth-order valence-electron chi connectivity index (χ4n) is 1.26. The minimum Gasteiger partial charge on any atom is -0.492 e. The molecule has 0 aliphatic carbocycles. The summed E-state index contributed by atoms with van der Waals surface area (Å²) in [6.45, 7) is 11.6. The number of nitrogens with zero attached hydrogens (tertiary/aromatic N) is 1. The minimum atomic E-state index is 0.295. The Morgan fingerprint density at radius 1 is 1.67 bits per heavy atom. The highest BCUT2D eigenvalue weighted by Crippen LogP contribution is 2.22. The van der Waals surface area contributed by atoms with Gasteiger partial charge >= 0.3 is 0 Å². The standard InChI is InChI=1S/C11H18N2OS/c1-5-12-8(3)11-13-10(7-15-11)9(4)14-6-2/h7-8,12H,4-6H2,1-3H3. The molecule has 1 aromatic rings. The number of aromatic nitrogens is 1. The molecule has 84 valence electrons. The van der Waals surface area contributed by atoms with E-state index < -0.39 is 0 Å². The number of ether oxygens (including phenoxy) is 1. The zero-order valence-electron chi connectivity index (χ0n) is 9.54. The van der Waals surface area contributed by atoms with E-state index in [9.17, 15) is 0 Å². The van der Waals surface area contributed by atoms with Crippen molar-refractivity contribution in [2.24, 2.45) is 0 Å². The maximum atomic E-state index is 5.31. The van der Waals surface area contributed by atoms with Gasteiger partial charge in [-0.25, -0.2) is 4.98 Å². The van der Waals surface area contributed by atoms with Crippen LogP contribution in [-0.4, -0.2) is 18.1 Å². The van der Waals surface area contributed by atoms with Crippen LogP contribution in [0, 0.1) is 0 Å². The van der Waals surface area contributed by atoms with Crippen LogP contribution in [0.3, 0.4) is 0 Å². The molecule has 0 aromatic carbocycles. The van der Waals surface area contributed by atoms with Crippen molar-refractivity contribution in [2.75, 3.05) is 13.2 Å². The first-order valence-electron chi connectivity index (χ1n) is 5.19. The molecule has 0 spiro atoms. The molecule has 1 rings (SSSR count). The van der Waals surface area contributed by atoms with Crippen LogP contribution in [0.1, 0.15) is 37.5 Å². The fraction of sp³-hybridized carbons (Fsp3) is 0.545. The average Bonchev–Trinajstić information content (AvgIpc) is 2.67. The van der Waals surface area contributed by atoms with Crippen molar-refractivity contribution in [1.82, 2.24) is 10.3 Å². The van der Waals surface area contributed by atoms with Gasteiger partial charge < -0.3 is 10.1 Å². The summed E-state index contributed by atoms with van der Waals surface area (Å²) in [7, 11) is 0. The van der Waals surface area contributed by atoms with Gasteiger partial charge in [-0.15, -0.1) is 11.3 Å². The second-order valence-corrected chi connectivity index (χ2v) is 4.10. The van der Waals surface area contributed by atoms with Gasteiger partial charge in [-0.3, -0.25) is 0 Å². The van der Waals surface area contributed by atoms with Crippen molar-refractivity contribution >= 4 is 17.1 Å². The van der Waals surface area contributed by atoms with Crippen molar-refractivity contribution in [3.63, 3.8) is 0 Å². The van der Waals surface area contributed by atoms with Crippen LogP contribution in [0.2, 0.25) is 0 Å². The van der Waals surface area contributed by atoms with Crippen molar-refractivity contribution in [3.05, 3.63) is 22.7 Å². The summed E-state index contributed by atoms with van der Waals surface area (Å²) in [5, 5.41) is 6.39. The van der Waals surface area contributed by atoms with Gasteiger partial charge in [0.15, 0.2) is 0 Å². The monoisotopic (exact) mass is 226 g/mol. The molecule has 0 fully saturated rings. The van der Waals surface area contributed by atoms with Gasteiger partial charge in [0, 0.05) is 5.38 Å². The predicted molar refractivity (Wildman–Crippen MR) is 64.9 cm³/mol. The molecule has 0 radical (unpaired) electrons. The molecular formula is C11H18N2OS. The lowest BCUT2D eigenvalue weighted by Gasteiger charge is -2.08. The van der Waals surface area contributed by atoms with E-state index in [4.69, 9.17) is 4.74 Å². The predicted octanol–water partition coefficient (Wildman–Crippen LogP) is 2.82. The number of rotatable bonds is 6. The summed E-state index contributed by atoms with van der Waals surface area (Å²) >= 11 is 1.64. The Hall–Kier alpha value is -0.870. The van der Waals surface area contributed by atoms with Crippen LogP contribution in [0.15, 0.2) is 12.0 Å². The quantitative estimate of drug-likeness (QED) is 0.757. The Morgan fingerprint density at radius 2 is 2.40 bits per heavy atom. The Kier molecular flexibility index (Phi) is 4.78. The van der Waals surface area contributed by atoms with Gasteiger partial charge in [0.1, 0.15) is 16.5 Å². The maximum absolute atomic E-state index is 5.31. The zero-order valence-corrected chi connectivity index (χ0v) is 10.4. The van der Waals surface area contributed by atoms with Crippen LogP contribution in [0.4, 0.5) is 0 Å². The SMILES string of the molecule is C=C(OCC)c1csc(C(C)NCC)n1. The first-order valence-corrected chi connectivity index (χ1v) is 6.07. The zero-order chi connectivity index (χ0) is 11.3. The first-order chi connectivity index (χ1) is 7.19. The largest absolute Gasteiger partial charge is 0.492 e. The van der Waals surface area contributed by atoms with Gasteiger partial charge in [0.2, 0.25) is 0 Å². The van der Waals surface area contributed by atoms with Gasteiger partial charge in [-0.2, -0.15) is 0 Å².